The Hall–Kier alpha value is -1.04. The minimum Gasteiger partial charge on any atom is -0.486 e. The van der Waals surface area contributed by atoms with Gasteiger partial charge in [0, 0.05) is 17.7 Å². The molecule has 0 radical (unpaired) electrons. The maximum absolute atomic E-state index is 5.80. The summed E-state index contributed by atoms with van der Waals surface area (Å²) in [4.78, 5) is 5.68. The number of nitrogens with zero attached hydrogens (tertiary/aromatic N) is 1. The van der Waals surface area contributed by atoms with Gasteiger partial charge < -0.3 is 9.47 Å². The quantitative estimate of drug-likeness (QED) is 0.826. The van der Waals surface area contributed by atoms with Crippen LogP contribution in [0.2, 0.25) is 0 Å². The van der Waals surface area contributed by atoms with Crippen LogP contribution in [0.3, 0.4) is 0 Å². The zero-order valence-electron chi connectivity index (χ0n) is 11.0. The lowest BCUT2D eigenvalue weighted by Crippen LogP contribution is -1.97. The van der Waals surface area contributed by atoms with Gasteiger partial charge in [-0.15, -0.1) is 11.3 Å². The molecule has 0 N–H and O–H groups in total. The molecule has 102 valence electrons. The summed E-state index contributed by atoms with van der Waals surface area (Å²) in [5, 5.41) is 0.958. The predicted molar refractivity (Wildman–Crippen MR) is 81.0 cm³/mol. The molecule has 0 spiro atoms. The monoisotopic (exact) mass is 295 g/mol. The molecular formula is C14H17NO2S2. The Kier molecular flexibility index (Phi) is 5.24. The van der Waals surface area contributed by atoms with E-state index in [1.165, 1.54) is 0 Å². The molecule has 0 bridgehead atoms. The van der Waals surface area contributed by atoms with E-state index in [4.69, 9.17) is 9.47 Å². The number of rotatable bonds is 6. The molecule has 0 aliphatic heterocycles. The summed E-state index contributed by atoms with van der Waals surface area (Å²) in [7, 11) is 1.67. The molecule has 0 saturated carbocycles. The second kappa shape index (κ2) is 6.93. The van der Waals surface area contributed by atoms with E-state index in [1.54, 1.807) is 18.4 Å². The third-order valence-electron chi connectivity index (χ3n) is 2.69. The first kappa shape index (κ1) is 14.4. The Labute approximate surface area is 123 Å². The third-order valence-corrected chi connectivity index (χ3v) is 4.29. The summed E-state index contributed by atoms with van der Waals surface area (Å²) in [6.07, 6.45) is 0. The molecule has 1 heterocycles. The third kappa shape index (κ3) is 3.72. The first-order valence-corrected chi connectivity index (χ1v) is 7.45. The lowest BCUT2D eigenvalue weighted by Gasteiger charge is -2.06. The number of thiol groups is 1. The molecule has 1 aromatic carbocycles. The van der Waals surface area contributed by atoms with E-state index >= 15 is 0 Å². The van der Waals surface area contributed by atoms with Crippen molar-refractivity contribution in [2.45, 2.75) is 25.9 Å². The summed E-state index contributed by atoms with van der Waals surface area (Å²) in [6, 6.07) is 7.98. The minimum absolute atomic E-state index is 0.486. The summed E-state index contributed by atoms with van der Waals surface area (Å²) in [6.45, 7) is 3.05. The van der Waals surface area contributed by atoms with Crippen molar-refractivity contribution < 1.29 is 9.47 Å². The standard InChI is InChI=1S/C14H17NO2S2/c1-10-5-3-4-6-12(10)17-8-14-15-11(7-16-2)13(9-18)19-14/h3-6,18H,7-9H2,1-2H3. The molecule has 5 heteroatoms. The van der Waals surface area contributed by atoms with E-state index in [9.17, 15) is 0 Å². The van der Waals surface area contributed by atoms with Gasteiger partial charge in [-0.25, -0.2) is 4.98 Å². The zero-order chi connectivity index (χ0) is 13.7. The summed E-state index contributed by atoms with van der Waals surface area (Å²) in [5.41, 5.74) is 2.09. The number of ether oxygens (including phenoxy) is 2. The fourth-order valence-electron chi connectivity index (χ4n) is 1.73. The van der Waals surface area contributed by atoms with Gasteiger partial charge in [0.2, 0.25) is 0 Å². The van der Waals surface area contributed by atoms with Crippen molar-refractivity contribution >= 4 is 24.0 Å². The van der Waals surface area contributed by atoms with E-state index in [1.807, 2.05) is 31.2 Å². The van der Waals surface area contributed by atoms with Crippen LogP contribution < -0.4 is 4.74 Å². The van der Waals surface area contributed by atoms with Crippen LogP contribution in [0.5, 0.6) is 5.75 Å². The SMILES string of the molecule is COCc1nc(COc2ccccc2C)sc1CS. The molecule has 0 saturated heterocycles. The van der Waals surface area contributed by atoms with Gasteiger partial charge in [0.05, 0.1) is 12.3 Å². The second-order valence-corrected chi connectivity index (χ2v) is 5.61. The number of methoxy groups -OCH3 is 1. The van der Waals surface area contributed by atoms with Crippen LogP contribution in [-0.2, 0) is 23.7 Å². The molecule has 0 aliphatic carbocycles. The van der Waals surface area contributed by atoms with E-state index in [0.29, 0.717) is 19.0 Å². The van der Waals surface area contributed by atoms with Crippen LogP contribution >= 0.6 is 24.0 Å². The van der Waals surface area contributed by atoms with Crippen molar-refractivity contribution in [2.75, 3.05) is 7.11 Å². The highest BCUT2D eigenvalue weighted by molar-refractivity contribution is 7.79. The van der Waals surface area contributed by atoms with Crippen molar-refractivity contribution in [3.63, 3.8) is 0 Å². The molecule has 2 rings (SSSR count). The van der Waals surface area contributed by atoms with Crippen molar-refractivity contribution in [3.8, 4) is 5.75 Å². The topological polar surface area (TPSA) is 31.4 Å². The van der Waals surface area contributed by atoms with Gasteiger partial charge in [-0.2, -0.15) is 12.6 Å². The van der Waals surface area contributed by atoms with Crippen LogP contribution in [0.15, 0.2) is 24.3 Å². The number of aryl methyl sites for hydroxylation is 1. The molecular weight excluding hydrogens is 278 g/mol. The van der Waals surface area contributed by atoms with Gasteiger partial charge in [0.1, 0.15) is 17.4 Å². The lowest BCUT2D eigenvalue weighted by atomic mass is 10.2. The molecule has 0 fully saturated rings. The van der Waals surface area contributed by atoms with Crippen molar-refractivity contribution in [2.24, 2.45) is 0 Å². The first-order valence-electron chi connectivity index (χ1n) is 6.00. The summed E-state index contributed by atoms with van der Waals surface area (Å²) in [5.74, 6) is 1.58. The average Bonchev–Trinajstić information content (AvgIpc) is 2.81. The fraction of sp³-hybridized carbons (Fsp3) is 0.357. The van der Waals surface area contributed by atoms with Crippen LogP contribution in [-0.4, -0.2) is 12.1 Å². The first-order chi connectivity index (χ1) is 9.24. The predicted octanol–water partition coefficient (Wildman–Crippen LogP) is 3.61. The normalized spacial score (nSPS) is 10.7. The van der Waals surface area contributed by atoms with Crippen LogP contribution in [0.25, 0.3) is 0 Å². The Morgan fingerprint density at radius 3 is 2.74 bits per heavy atom. The van der Waals surface area contributed by atoms with Gasteiger partial charge in [-0.05, 0) is 18.6 Å². The summed E-state index contributed by atoms with van der Waals surface area (Å²) < 4.78 is 10.9. The molecule has 0 unspecified atom stereocenters. The van der Waals surface area contributed by atoms with Crippen LogP contribution in [0.4, 0.5) is 0 Å². The maximum atomic E-state index is 5.80. The largest absolute Gasteiger partial charge is 0.486 e. The average molecular weight is 295 g/mol. The highest BCUT2D eigenvalue weighted by Crippen LogP contribution is 2.24. The van der Waals surface area contributed by atoms with Gasteiger partial charge >= 0.3 is 0 Å². The Balaban J connectivity index is 2.05. The van der Waals surface area contributed by atoms with Crippen molar-refractivity contribution in [3.05, 3.63) is 45.4 Å². The maximum Gasteiger partial charge on any atom is 0.140 e. The molecule has 0 atom stereocenters. The number of aromatic nitrogens is 1. The van der Waals surface area contributed by atoms with E-state index in [0.717, 1.165) is 26.9 Å². The number of thiazole rings is 1. The molecule has 2 aromatic rings. The van der Waals surface area contributed by atoms with E-state index in [2.05, 4.69) is 17.6 Å². The smallest absolute Gasteiger partial charge is 0.140 e. The second-order valence-electron chi connectivity index (χ2n) is 4.12. The molecule has 1 aromatic heterocycles. The van der Waals surface area contributed by atoms with E-state index in [-0.39, 0.29) is 0 Å². The highest BCUT2D eigenvalue weighted by Gasteiger charge is 2.10. The summed E-state index contributed by atoms with van der Waals surface area (Å²) >= 11 is 5.95. The van der Waals surface area contributed by atoms with Gasteiger partial charge in [0.25, 0.3) is 0 Å². The lowest BCUT2D eigenvalue weighted by molar-refractivity contribution is 0.181. The molecule has 19 heavy (non-hydrogen) atoms. The molecule has 0 aliphatic rings. The Bertz CT molecular complexity index is 540. The number of hydrogen-bond acceptors (Lipinski definition) is 5. The zero-order valence-corrected chi connectivity index (χ0v) is 12.8. The molecule has 3 nitrogen and oxygen atoms in total. The molecule has 0 amide bonds. The highest BCUT2D eigenvalue weighted by atomic mass is 32.1. The van der Waals surface area contributed by atoms with Crippen molar-refractivity contribution in [1.82, 2.24) is 4.98 Å². The van der Waals surface area contributed by atoms with Gasteiger partial charge in [-0.1, -0.05) is 18.2 Å². The van der Waals surface area contributed by atoms with Crippen LogP contribution in [0.1, 0.15) is 21.1 Å². The number of hydrogen-bond donors (Lipinski definition) is 1. The number of para-hydroxylation sites is 1. The van der Waals surface area contributed by atoms with Crippen LogP contribution in [0, 0.1) is 6.92 Å². The number of benzene rings is 1. The van der Waals surface area contributed by atoms with E-state index < -0.39 is 0 Å². The fourth-order valence-corrected chi connectivity index (χ4v) is 2.95. The Morgan fingerprint density at radius 1 is 1.26 bits per heavy atom. The minimum atomic E-state index is 0.486. The van der Waals surface area contributed by atoms with Crippen molar-refractivity contribution in [1.29, 1.82) is 0 Å². The Morgan fingerprint density at radius 2 is 2.05 bits per heavy atom. The van der Waals surface area contributed by atoms with Gasteiger partial charge in [0.15, 0.2) is 0 Å². The van der Waals surface area contributed by atoms with Gasteiger partial charge in [-0.3, -0.25) is 0 Å².